The van der Waals surface area contributed by atoms with E-state index in [0.717, 1.165) is 0 Å². The summed E-state index contributed by atoms with van der Waals surface area (Å²) in [6, 6.07) is 2.35. The molecule has 0 aliphatic carbocycles. The molecular weight excluding hydrogens is 232 g/mol. The number of halogens is 1. The summed E-state index contributed by atoms with van der Waals surface area (Å²) in [6.45, 7) is 1.26. The van der Waals surface area contributed by atoms with Crippen molar-refractivity contribution in [3.63, 3.8) is 0 Å². The smallest absolute Gasteiger partial charge is 0.326 e. The van der Waals surface area contributed by atoms with Crippen molar-refractivity contribution in [1.29, 1.82) is 0 Å². The van der Waals surface area contributed by atoms with Gasteiger partial charge in [-0.25, -0.2) is 9.78 Å². The lowest BCUT2D eigenvalue weighted by atomic mass is 10.1. The van der Waals surface area contributed by atoms with E-state index < -0.39 is 17.9 Å². The van der Waals surface area contributed by atoms with Crippen LogP contribution in [0.1, 0.15) is 12.5 Å². The van der Waals surface area contributed by atoms with Crippen molar-refractivity contribution < 1.29 is 14.7 Å². The molecule has 0 aliphatic rings. The summed E-state index contributed by atoms with van der Waals surface area (Å²) >= 11 is 5.79. The summed E-state index contributed by atoms with van der Waals surface area (Å²) in [5.41, 5.74) is 0.588. The van der Waals surface area contributed by atoms with E-state index in [1.807, 2.05) is 0 Å². The van der Waals surface area contributed by atoms with Gasteiger partial charge in [0.25, 0.3) is 0 Å². The second-order valence-corrected chi connectivity index (χ2v) is 3.61. The van der Waals surface area contributed by atoms with Gasteiger partial charge in [-0.05, 0) is 11.6 Å². The van der Waals surface area contributed by atoms with Gasteiger partial charge in [-0.3, -0.25) is 4.79 Å². The maximum Gasteiger partial charge on any atom is 0.326 e. The Bertz CT molecular complexity index is 409. The molecule has 1 atom stereocenters. The van der Waals surface area contributed by atoms with Gasteiger partial charge in [-0.2, -0.15) is 0 Å². The first-order valence-electron chi connectivity index (χ1n) is 4.60. The largest absolute Gasteiger partial charge is 0.480 e. The first-order valence-corrected chi connectivity index (χ1v) is 4.98. The van der Waals surface area contributed by atoms with Gasteiger partial charge in [-0.15, -0.1) is 0 Å². The van der Waals surface area contributed by atoms with Gasteiger partial charge in [0.1, 0.15) is 11.2 Å². The third kappa shape index (κ3) is 3.51. The zero-order valence-corrected chi connectivity index (χ0v) is 9.36. The van der Waals surface area contributed by atoms with Gasteiger partial charge < -0.3 is 10.4 Å². The van der Waals surface area contributed by atoms with Gasteiger partial charge in [0, 0.05) is 19.5 Å². The molecule has 0 bridgehead atoms. The highest BCUT2D eigenvalue weighted by Crippen LogP contribution is 2.13. The van der Waals surface area contributed by atoms with E-state index in [-0.39, 0.29) is 11.6 Å². The molecule has 86 valence electrons. The molecule has 0 radical (unpaired) electrons. The highest BCUT2D eigenvalue weighted by atomic mass is 35.5. The van der Waals surface area contributed by atoms with E-state index in [4.69, 9.17) is 16.7 Å². The van der Waals surface area contributed by atoms with Gasteiger partial charge >= 0.3 is 5.97 Å². The SMILES string of the molecule is CC(=O)NC(Cc1cccnc1Cl)C(=O)O. The van der Waals surface area contributed by atoms with Crippen molar-refractivity contribution in [3.05, 3.63) is 29.0 Å². The number of carbonyl (C=O) groups is 2. The lowest BCUT2D eigenvalue weighted by Gasteiger charge is -2.13. The molecule has 1 heterocycles. The molecule has 0 aliphatic heterocycles. The van der Waals surface area contributed by atoms with Crippen LogP contribution in [0.2, 0.25) is 5.15 Å². The maximum absolute atomic E-state index is 10.9. The summed E-state index contributed by atoms with van der Waals surface area (Å²) in [5, 5.41) is 11.5. The summed E-state index contributed by atoms with van der Waals surface area (Å²) in [4.78, 5) is 25.5. The summed E-state index contributed by atoms with van der Waals surface area (Å²) in [5.74, 6) is -1.50. The zero-order valence-electron chi connectivity index (χ0n) is 8.61. The lowest BCUT2D eigenvalue weighted by molar-refractivity contribution is -0.141. The number of carboxylic acid groups (broad SMARTS) is 1. The number of hydrogen-bond acceptors (Lipinski definition) is 3. The fourth-order valence-electron chi connectivity index (χ4n) is 1.24. The van der Waals surface area contributed by atoms with Crippen molar-refractivity contribution in [1.82, 2.24) is 10.3 Å². The minimum atomic E-state index is -1.10. The van der Waals surface area contributed by atoms with Crippen LogP contribution < -0.4 is 5.32 Å². The monoisotopic (exact) mass is 242 g/mol. The van der Waals surface area contributed by atoms with Gasteiger partial charge in [0.05, 0.1) is 0 Å². The molecule has 0 saturated carbocycles. The van der Waals surface area contributed by atoms with Gasteiger partial charge in [-0.1, -0.05) is 17.7 Å². The topological polar surface area (TPSA) is 79.3 Å². The average molecular weight is 243 g/mol. The number of pyridine rings is 1. The van der Waals surface area contributed by atoms with Crippen LogP contribution in [0.3, 0.4) is 0 Å². The van der Waals surface area contributed by atoms with Crippen molar-refractivity contribution in [2.75, 3.05) is 0 Å². The Kier molecular flexibility index (Phi) is 4.25. The van der Waals surface area contributed by atoms with E-state index in [1.165, 1.54) is 13.1 Å². The second kappa shape index (κ2) is 5.46. The summed E-state index contributed by atoms with van der Waals surface area (Å²) in [6.07, 6.45) is 1.63. The van der Waals surface area contributed by atoms with Crippen LogP contribution in [0, 0.1) is 0 Å². The minimum absolute atomic E-state index is 0.113. The summed E-state index contributed by atoms with van der Waals surface area (Å²) in [7, 11) is 0. The van der Waals surface area contributed by atoms with Crippen LogP contribution in [0.15, 0.2) is 18.3 Å². The predicted octanol–water partition coefficient (Wildman–Crippen LogP) is 0.867. The van der Waals surface area contributed by atoms with Crippen molar-refractivity contribution in [3.8, 4) is 0 Å². The molecule has 0 aromatic carbocycles. The molecule has 1 aromatic heterocycles. The Morgan fingerprint density at radius 2 is 2.31 bits per heavy atom. The maximum atomic E-state index is 10.9. The average Bonchev–Trinajstić information content (AvgIpc) is 2.19. The molecule has 1 aromatic rings. The lowest BCUT2D eigenvalue weighted by Crippen LogP contribution is -2.41. The summed E-state index contributed by atoms with van der Waals surface area (Å²) < 4.78 is 0. The van der Waals surface area contributed by atoms with Crippen LogP contribution in [-0.2, 0) is 16.0 Å². The zero-order chi connectivity index (χ0) is 12.1. The number of rotatable bonds is 4. The first-order chi connectivity index (χ1) is 7.50. The second-order valence-electron chi connectivity index (χ2n) is 3.25. The molecule has 0 spiro atoms. The fourth-order valence-corrected chi connectivity index (χ4v) is 1.43. The third-order valence-corrected chi connectivity index (χ3v) is 2.28. The van der Waals surface area contributed by atoms with Crippen LogP contribution in [0.25, 0.3) is 0 Å². The van der Waals surface area contributed by atoms with Crippen molar-refractivity contribution >= 4 is 23.5 Å². The quantitative estimate of drug-likeness (QED) is 0.768. The molecule has 0 saturated heterocycles. The standard InChI is InChI=1S/C10H11ClN2O3/c1-6(14)13-8(10(15)16)5-7-3-2-4-12-9(7)11/h2-4,8H,5H2,1H3,(H,13,14)(H,15,16). The number of nitrogens with one attached hydrogen (secondary N) is 1. The van der Waals surface area contributed by atoms with Crippen LogP contribution in [-0.4, -0.2) is 28.0 Å². The Morgan fingerprint density at radius 1 is 1.62 bits per heavy atom. The number of aliphatic carboxylic acids is 1. The van der Waals surface area contributed by atoms with Crippen LogP contribution >= 0.6 is 11.6 Å². The fraction of sp³-hybridized carbons (Fsp3) is 0.300. The predicted molar refractivity (Wildman–Crippen MR) is 58.2 cm³/mol. The number of carbonyl (C=O) groups excluding carboxylic acids is 1. The van der Waals surface area contributed by atoms with Crippen molar-refractivity contribution in [2.24, 2.45) is 0 Å². The number of nitrogens with zero attached hydrogens (tertiary/aromatic N) is 1. The van der Waals surface area contributed by atoms with E-state index in [9.17, 15) is 9.59 Å². The Balaban J connectivity index is 2.80. The molecule has 5 nitrogen and oxygen atoms in total. The number of aromatic nitrogens is 1. The molecule has 1 rings (SSSR count). The molecule has 1 amide bonds. The van der Waals surface area contributed by atoms with Gasteiger partial charge in [0.15, 0.2) is 0 Å². The highest BCUT2D eigenvalue weighted by molar-refractivity contribution is 6.30. The number of amides is 1. The molecule has 0 fully saturated rings. The van der Waals surface area contributed by atoms with E-state index in [1.54, 1.807) is 12.1 Å². The van der Waals surface area contributed by atoms with E-state index in [2.05, 4.69) is 10.3 Å². The Hall–Kier alpha value is -1.62. The normalized spacial score (nSPS) is 11.9. The number of hydrogen-bond donors (Lipinski definition) is 2. The van der Waals surface area contributed by atoms with Gasteiger partial charge in [0.2, 0.25) is 5.91 Å². The molecule has 2 N–H and O–H groups in total. The Labute approximate surface area is 97.4 Å². The molecule has 1 unspecified atom stereocenters. The highest BCUT2D eigenvalue weighted by Gasteiger charge is 2.20. The molecule has 6 heteroatoms. The first kappa shape index (κ1) is 12.4. The number of carboxylic acids is 1. The van der Waals surface area contributed by atoms with E-state index in [0.29, 0.717) is 5.56 Å². The minimum Gasteiger partial charge on any atom is -0.480 e. The van der Waals surface area contributed by atoms with Crippen LogP contribution in [0.4, 0.5) is 0 Å². The molecule has 16 heavy (non-hydrogen) atoms. The third-order valence-electron chi connectivity index (χ3n) is 1.94. The van der Waals surface area contributed by atoms with Crippen LogP contribution in [0.5, 0.6) is 0 Å². The molecular formula is C10H11ClN2O3. The van der Waals surface area contributed by atoms with E-state index >= 15 is 0 Å². The van der Waals surface area contributed by atoms with Crippen molar-refractivity contribution in [2.45, 2.75) is 19.4 Å². The Morgan fingerprint density at radius 3 is 2.81 bits per heavy atom.